The van der Waals surface area contributed by atoms with Crippen LogP contribution in [0.15, 0.2) is 30.3 Å². The second kappa shape index (κ2) is 9.94. The van der Waals surface area contributed by atoms with Crippen molar-refractivity contribution in [1.29, 1.82) is 0 Å². The number of benzene rings is 1. The Morgan fingerprint density at radius 3 is 2.35 bits per heavy atom. The van der Waals surface area contributed by atoms with Gasteiger partial charge >= 0.3 is 18.0 Å². The maximum atomic E-state index is 12.7. The number of aliphatic carboxylic acids is 1. The summed E-state index contributed by atoms with van der Waals surface area (Å²) in [5.74, 6) is -2.30. The molecule has 0 saturated carbocycles. The highest BCUT2D eigenvalue weighted by Gasteiger charge is 2.40. The number of carbonyl (C=O) groups is 3. The van der Waals surface area contributed by atoms with Crippen LogP contribution in [-0.2, 0) is 30.0 Å². The third kappa shape index (κ3) is 6.50. The Hall–Kier alpha value is -2.38. The topological polar surface area (TPSA) is 130 Å². The van der Waals surface area contributed by atoms with E-state index in [9.17, 15) is 28.9 Å². The smallest absolute Gasteiger partial charge is 0.410 e. The van der Waals surface area contributed by atoms with Crippen molar-refractivity contribution in [2.45, 2.75) is 19.0 Å². The zero-order valence-electron chi connectivity index (χ0n) is 14.5. The number of rotatable bonds is 9. The van der Waals surface area contributed by atoms with Gasteiger partial charge in [-0.1, -0.05) is 30.3 Å². The van der Waals surface area contributed by atoms with Gasteiger partial charge in [-0.2, -0.15) is 0 Å². The molecule has 144 valence electrons. The van der Waals surface area contributed by atoms with Crippen LogP contribution < -0.4 is 0 Å². The van der Waals surface area contributed by atoms with Crippen molar-refractivity contribution in [3.63, 3.8) is 0 Å². The van der Waals surface area contributed by atoms with Crippen LogP contribution in [0.25, 0.3) is 0 Å². The Morgan fingerprint density at radius 2 is 1.85 bits per heavy atom. The van der Waals surface area contributed by atoms with Gasteiger partial charge in [0.15, 0.2) is 0 Å². The Balaban J connectivity index is 3.03. The normalized spacial score (nSPS) is 14.0. The lowest BCUT2D eigenvalue weighted by molar-refractivity contribution is -0.141. The summed E-state index contributed by atoms with van der Waals surface area (Å²) in [5, 5.41) is 9.39. The number of hydrogen-bond acceptors (Lipinski definition) is 6. The zero-order chi connectivity index (χ0) is 19.7. The lowest BCUT2D eigenvalue weighted by Crippen LogP contribution is -2.39. The molecule has 0 spiro atoms. The Morgan fingerprint density at radius 1 is 1.23 bits per heavy atom. The lowest BCUT2D eigenvalue weighted by atomic mass is 10.1. The highest BCUT2D eigenvalue weighted by atomic mass is 31.2. The first-order valence-corrected chi connectivity index (χ1v) is 9.69. The van der Waals surface area contributed by atoms with Crippen molar-refractivity contribution in [2.24, 2.45) is 0 Å². The highest BCUT2D eigenvalue weighted by molar-refractivity contribution is 7.59. The standard InChI is InChI=1S/C16H22NO8P/c1-3-25-16(21)17(10-14(18)24-2)11-26(22,23)13(15(19)20)9-12-7-5-4-6-8-12/h4-8,13H,3,9-11H2,1-2H3,(H,19,20)(H,22,23)/t13-/m0/s1. The van der Waals surface area contributed by atoms with Gasteiger partial charge in [-0.25, -0.2) is 4.79 Å². The predicted molar refractivity (Wildman–Crippen MR) is 92.0 cm³/mol. The number of carboxylic acids is 1. The summed E-state index contributed by atoms with van der Waals surface area (Å²) in [4.78, 5) is 46.0. The van der Waals surface area contributed by atoms with Crippen LogP contribution in [-0.4, -0.2) is 65.1 Å². The molecule has 9 nitrogen and oxygen atoms in total. The van der Waals surface area contributed by atoms with Crippen molar-refractivity contribution >= 4 is 25.4 Å². The molecule has 0 heterocycles. The summed E-state index contributed by atoms with van der Waals surface area (Å²) >= 11 is 0. The average molecular weight is 387 g/mol. The fourth-order valence-corrected chi connectivity index (χ4v) is 3.93. The molecule has 26 heavy (non-hydrogen) atoms. The summed E-state index contributed by atoms with van der Waals surface area (Å²) in [6.45, 7) is 0.887. The van der Waals surface area contributed by atoms with E-state index in [4.69, 9.17) is 4.74 Å². The maximum absolute atomic E-state index is 12.7. The summed E-state index contributed by atoms with van der Waals surface area (Å²) in [5.41, 5.74) is -1.08. The van der Waals surface area contributed by atoms with E-state index in [1.807, 2.05) is 0 Å². The first-order valence-electron chi connectivity index (χ1n) is 7.78. The minimum Gasteiger partial charge on any atom is -0.481 e. The van der Waals surface area contributed by atoms with Gasteiger partial charge in [-0.05, 0) is 18.9 Å². The van der Waals surface area contributed by atoms with E-state index in [2.05, 4.69) is 4.74 Å². The molecule has 0 saturated heterocycles. The molecule has 0 aliphatic rings. The zero-order valence-corrected chi connectivity index (χ0v) is 15.4. The van der Waals surface area contributed by atoms with Crippen molar-refractivity contribution in [3.8, 4) is 0 Å². The first-order chi connectivity index (χ1) is 12.2. The first kappa shape index (κ1) is 21.7. The molecular formula is C16H22NO8P. The predicted octanol–water partition coefficient (Wildman–Crippen LogP) is 1.54. The molecule has 10 heteroatoms. The van der Waals surface area contributed by atoms with E-state index in [1.165, 1.54) is 6.92 Å². The molecule has 1 aromatic carbocycles. The number of ether oxygens (including phenoxy) is 2. The van der Waals surface area contributed by atoms with E-state index < -0.39 is 43.9 Å². The van der Waals surface area contributed by atoms with Crippen molar-refractivity contribution < 1.29 is 38.4 Å². The van der Waals surface area contributed by atoms with Crippen LogP contribution in [0.3, 0.4) is 0 Å². The molecule has 1 rings (SSSR count). The molecular weight excluding hydrogens is 365 g/mol. The Bertz CT molecular complexity index is 678. The van der Waals surface area contributed by atoms with E-state index in [1.54, 1.807) is 30.3 Å². The fraction of sp³-hybridized carbons (Fsp3) is 0.438. The molecule has 0 aliphatic heterocycles. The Labute approximate surface area is 151 Å². The SMILES string of the molecule is CCOC(=O)N(CC(=O)OC)CP(=O)(O)[C@@H](Cc1ccccc1)C(=O)O. The van der Waals surface area contributed by atoms with Gasteiger partial charge in [-0.3, -0.25) is 19.1 Å². The van der Waals surface area contributed by atoms with Gasteiger partial charge in [0.05, 0.1) is 13.7 Å². The number of methoxy groups -OCH3 is 1. The van der Waals surface area contributed by atoms with Gasteiger partial charge in [-0.15, -0.1) is 0 Å². The van der Waals surface area contributed by atoms with Gasteiger partial charge < -0.3 is 19.5 Å². The highest BCUT2D eigenvalue weighted by Crippen LogP contribution is 2.48. The molecule has 1 amide bonds. The minimum atomic E-state index is -4.41. The van der Waals surface area contributed by atoms with E-state index in [-0.39, 0.29) is 13.0 Å². The van der Waals surface area contributed by atoms with Gasteiger partial charge in [0.2, 0.25) is 7.37 Å². The van der Waals surface area contributed by atoms with E-state index in [0.717, 1.165) is 7.11 Å². The van der Waals surface area contributed by atoms with Crippen LogP contribution in [0.5, 0.6) is 0 Å². The summed E-state index contributed by atoms with van der Waals surface area (Å²) < 4.78 is 21.9. The van der Waals surface area contributed by atoms with Crippen LogP contribution in [0.2, 0.25) is 0 Å². The number of esters is 1. The molecule has 0 fully saturated rings. The molecule has 0 bridgehead atoms. The number of carbonyl (C=O) groups excluding carboxylic acids is 2. The number of amides is 1. The van der Waals surface area contributed by atoms with E-state index in [0.29, 0.717) is 10.5 Å². The molecule has 0 aromatic heterocycles. The molecule has 2 N–H and O–H groups in total. The second-order valence-corrected chi connectivity index (χ2v) is 7.83. The fourth-order valence-electron chi connectivity index (χ4n) is 2.19. The second-order valence-electron chi connectivity index (χ2n) is 5.41. The molecule has 1 aromatic rings. The minimum absolute atomic E-state index is 0.0153. The number of hydrogen-bond donors (Lipinski definition) is 2. The third-order valence-electron chi connectivity index (χ3n) is 3.49. The monoisotopic (exact) mass is 387 g/mol. The lowest BCUT2D eigenvalue weighted by Gasteiger charge is -2.26. The van der Waals surface area contributed by atoms with Gasteiger partial charge in [0.1, 0.15) is 18.5 Å². The molecule has 2 atom stereocenters. The number of nitrogens with zero attached hydrogens (tertiary/aromatic N) is 1. The van der Waals surface area contributed by atoms with Crippen LogP contribution in [0, 0.1) is 0 Å². The van der Waals surface area contributed by atoms with Crippen molar-refractivity contribution in [2.75, 3.05) is 26.5 Å². The quantitative estimate of drug-likeness (QED) is 0.482. The summed E-state index contributed by atoms with van der Waals surface area (Å²) in [6.07, 6.45) is -2.04. The van der Waals surface area contributed by atoms with Crippen molar-refractivity contribution in [1.82, 2.24) is 4.90 Å². The van der Waals surface area contributed by atoms with E-state index >= 15 is 0 Å². The summed E-state index contributed by atoms with van der Waals surface area (Å²) in [6, 6.07) is 8.36. The van der Waals surface area contributed by atoms with Crippen LogP contribution in [0.1, 0.15) is 12.5 Å². The Kier molecular flexibility index (Phi) is 8.28. The molecule has 1 unspecified atom stereocenters. The largest absolute Gasteiger partial charge is 0.481 e. The van der Waals surface area contributed by atoms with Crippen LogP contribution >= 0.6 is 7.37 Å². The third-order valence-corrected chi connectivity index (χ3v) is 5.62. The van der Waals surface area contributed by atoms with Crippen molar-refractivity contribution in [3.05, 3.63) is 35.9 Å². The van der Waals surface area contributed by atoms with Crippen LogP contribution in [0.4, 0.5) is 4.79 Å². The average Bonchev–Trinajstić information content (AvgIpc) is 2.59. The van der Waals surface area contributed by atoms with Gasteiger partial charge in [0, 0.05) is 0 Å². The molecule has 0 radical (unpaired) electrons. The van der Waals surface area contributed by atoms with Gasteiger partial charge in [0.25, 0.3) is 0 Å². The number of carboxylic acid groups (broad SMARTS) is 1. The molecule has 0 aliphatic carbocycles. The maximum Gasteiger partial charge on any atom is 0.410 e. The summed E-state index contributed by atoms with van der Waals surface area (Å²) in [7, 11) is -3.31.